The van der Waals surface area contributed by atoms with Crippen LogP contribution in [0.3, 0.4) is 0 Å². The first-order valence-electron chi connectivity index (χ1n) is 8.60. The standard InChI is InChI=1S/C18H22N4O4S/c1-18(2,3)26-17(25)22-10-12(23)9-13(22)15(24)20-16-19-14(21-27-16)11-7-5-4-6-8-11/h4-8,12-13,23H,9-10H2,1-3H3,(H,19,20,21,24)/t12-,13-/m0/s1. The van der Waals surface area contributed by atoms with Crippen molar-refractivity contribution in [2.24, 2.45) is 0 Å². The molecule has 2 amide bonds. The minimum absolute atomic E-state index is 0.0540. The van der Waals surface area contributed by atoms with E-state index >= 15 is 0 Å². The van der Waals surface area contributed by atoms with E-state index in [-0.39, 0.29) is 13.0 Å². The molecule has 1 aromatic heterocycles. The maximum absolute atomic E-state index is 12.7. The number of aromatic nitrogens is 2. The first kappa shape index (κ1) is 19.2. The van der Waals surface area contributed by atoms with Crippen LogP contribution in [0.25, 0.3) is 11.4 Å². The van der Waals surface area contributed by atoms with Crippen LogP contribution in [0.1, 0.15) is 27.2 Å². The van der Waals surface area contributed by atoms with Crippen LogP contribution in [0.5, 0.6) is 0 Å². The van der Waals surface area contributed by atoms with Gasteiger partial charge in [-0.05, 0) is 20.8 Å². The Bertz CT molecular complexity index is 818. The molecule has 8 nitrogen and oxygen atoms in total. The van der Waals surface area contributed by atoms with E-state index in [1.54, 1.807) is 20.8 Å². The molecule has 1 saturated heterocycles. The summed E-state index contributed by atoms with van der Waals surface area (Å²) in [6.45, 7) is 5.30. The second-order valence-electron chi connectivity index (χ2n) is 7.32. The largest absolute Gasteiger partial charge is 0.444 e. The van der Waals surface area contributed by atoms with E-state index in [9.17, 15) is 14.7 Å². The molecule has 1 aliphatic rings. The van der Waals surface area contributed by atoms with Crippen LogP contribution in [0.4, 0.5) is 9.93 Å². The molecule has 0 bridgehead atoms. The highest BCUT2D eigenvalue weighted by Gasteiger charge is 2.41. The number of benzene rings is 1. The molecule has 2 N–H and O–H groups in total. The SMILES string of the molecule is CC(C)(C)OC(=O)N1C[C@@H](O)C[C@H]1C(=O)Nc1nc(-c2ccccc2)ns1. The number of amides is 2. The molecule has 144 valence electrons. The Hall–Kier alpha value is -2.52. The first-order valence-corrected chi connectivity index (χ1v) is 9.38. The second kappa shape index (κ2) is 7.61. The Morgan fingerprint density at radius 1 is 1.30 bits per heavy atom. The lowest BCUT2D eigenvalue weighted by Gasteiger charge is -2.27. The molecular weight excluding hydrogens is 368 g/mol. The number of nitrogens with one attached hydrogen (secondary N) is 1. The average molecular weight is 390 g/mol. The number of nitrogens with zero attached hydrogens (tertiary/aromatic N) is 3. The van der Waals surface area contributed by atoms with Crippen molar-refractivity contribution in [1.82, 2.24) is 14.3 Å². The number of likely N-dealkylation sites (tertiary alicyclic amines) is 1. The van der Waals surface area contributed by atoms with Crippen molar-refractivity contribution in [2.75, 3.05) is 11.9 Å². The van der Waals surface area contributed by atoms with Gasteiger partial charge in [-0.3, -0.25) is 15.0 Å². The second-order valence-corrected chi connectivity index (χ2v) is 8.07. The third-order valence-electron chi connectivity index (χ3n) is 3.90. The lowest BCUT2D eigenvalue weighted by molar-refractivity contribution is -0.120. The maximum Gasteiger partial charge on any atom is 0.411 e. The summed E-state index contributed by atoms with van der Waals surface area (Å²) >= 11 is 1.06. The highest BCUT2D eigenvalue weighted by atomic mass is 32.1. The predicted octanol–water partition coefficient (Wildman–Crippen LogP) is 2.51. The number of aliphatic hydroxyl groups excluding tert-OH is 1. The van der Waals surface area contributed by atoms with E-state index < -0.39 is 29.7 Å². The molecule has 0 saturated carbocycles. The van der Waals surface area contributed by atoms with Gasteiger partial charge in [0.25, 0.3) is 0 Å². The van der Waals surface area contributed by atoms with Crippen LogP contribution in [-0.2, 0) is 9.53 Å². The van der Waals surface area contributed by atoms with Crippen molar-refractivity contribution in [1.29, 1.82) is 0 Å². The van der Waals surface area contributed by atoms with Crippen molar-refractivity contribution in [3.05, 3.63) is 30.3 Å². The van der Waals surface area contributed by atoms with Crippen molar-refractivity contribution in [3.8, 4) is 11.4 Å². The topological polar surface area (TPSA) is 105 Å². The number of hydrogen-bond donors (Lipinski definition) is 2. The van der Waals surface area contributed by atoms with Crippen LogP contribution in [-0.4, -0.2) is 55.7 Å². The Morgan fingerprint density at radius 3 is 2.67 bits per heavy atom. The Labute approximate surface area is 161 Å². The summed E-state index contributed by atoms with van der Waals surface area (Å²) in [5, 5.41) is 13.0. The van der Waals surface area contributed by atoms with Crippen LogP contribution in [0, 0.1) is 0 Å². The van der Waals surface area contributed by atoms with Gasteiger partial charge in [-0.15, -0.1) is 0 Å². The third-order valence-corrected chi connectivity index (χ3v) is 4.53. The van der Waals surface area contributed by atoms with Gasteiger partial charge < -0.3 is 9.84 Å². The minimum Gasteiger partial charge on any atom is -0.444 e. The summed E-state index contributed by atoms with van der Waals surface area (Å²) in [7, 11) is 0. The molecule has 27 heavy (non-hydrogen) atoms. The van der Waals surface area contributed by atoms with Crippen molar-refractivity contribution in [3.63, 3.8) is 0 Å². The van der Waals surface area contributed by atoms with E-state index in [0.717, 1.165) is 17.1 Å². The zero-order chi connectivity index (χ0) is 19.6. The molecule has 2 heterocycles. The predicted molar refractivity (Wildman–Crippen MR) is 101 cm³/mol. The molecular formula is C18H22N4O4S. The molecule has 2 aromatic rings. The van der Waals surface area contributed by atoms with Gasteiger partial charge in [-0.1, -0.05) is 30.3 Å². The number of aliphatic hydroxyl groups is 1. The maximum atomic E-state index is 12.7. The van der Waals surface area contributed by atoms with Gasteiger partial charge in [0.05, 0.1) is 12.6 Å². The Morgan fingerprint density at radius 2 is 2.00 bits per heavy atom. The van der Waals surface area contributed by atoms with E-state index in [1.165, 1.54) is 4.90 Å². The summed E-state index contributed by atoms with van der Waals surface area (Å²) in [6.07, 6.45) is -1.25. The summed E-state index contributed by atoms with van der Waals surface area (Å²) in [5.41, 5.74) is 0.163. The molecule has 2 atom stereocenters. The third kappa shape index (κ3) is 4.81. The van der Waals surface area contributed by atoms with Gasteiger partial charge >= 0.3 is 6.09 Å². The zero-order valence-corrected chi connectivity index (χ0v) is 16.2. The van der Waals surface area contributed by atoms with Crippen molar-refractivity contribution >= 4 is 28.7 Å². The zero-order valence-electron chi connectivity index (χ0n) is 15.4. The van der Waals surface area contributed by atoms with Crippen LogP contribution >= 0.6 is 11.5 Å². The number of ether oxygens (including phenoxy) is 1. The highest BCUT2D eigenvalue weighted by Crippen LogP contribution is 2.25. The van der Waals surface area contributed by atoms with E-state index in [0.29, 0.717) is 11.0 Å². The molecule has 0 aliphatic carbocycles. The molecule has 0 radical (unpaired) electrons. The van der Waals surface area contributed by atoms with Gasteiger partial charge in [0.1, 0.15) is 11.6 Å². The van der Waals surface area contributed by atoms with E-state index in [4.69, 9.17) is 4.74 Å². The van der Waals surface area contributed by atoms with Gasteiger partial charge in [-0.2, -0.15) is 9.36 Å². The summed E-state index contributed by atoms with van der Waals surface area (Å²) in [5.74, 6) is 0.0968. The molecule has 3 rings (SSSR count). The van der Waals surface area contributed by atoms with E-state index in [1.807, 2.05) is 30.3 Å². The summed E-state index contributed by atoms with van der Waals surface area (Å²) in [6, 6.07) is 8.60. The van der Waals surface area contributed by atoms with Gasteiger partial charge in [0, 0.05) is 23.5 Å². The molecule has 1 fully saturated rings. The van der Waals surface area contributed by atoms with Crippen LogP contribution in [0.2, 0.25) is 0 Å². The lowest BCUT2D eigenvalue weighted by atomic mass is 10.2. The number of carbonyl (C=O) groups is 2. The van der Waals surface area contributed by atoms with Crippen LogP contribution < -0.4 is 5.32 Å². The van der Waals surface area contributed by atoms with Gasteiger partial charge in [-0.25, -0.2) is 4.79 Å². The minimum atomic E-state index is -0.820. The lowest BCUT2D eigenvalue weighted by Crippen LogP contribution is -2.45. The first-order chi connectivity index (χ1) is 12.7. The number of hydrogen-bond acceptors (Lipinski definition) is 7. The summed E-state index contributed by atoms with van der Waals surface area (Å²) in [4.78, 5) is 30.6. The van der Waals surface area contributed by atoms with Gasteiger partial charge in [0.15, 0.2) is 5.82 Å². The molecule has 1 aromatic carbocycles. The molecule has 1 aliphatic heterocycles. The molecule has 0 unspecified atom stereocenters. The normalized spacial score (nSPS) is 19.8. The smallest absolute Gasteiger partial charge is 0.411 e. The van der Waals surface area contributed by atoms with Crippen LogP contribution in [0.15, 0.2) is 30.3 Å². The van der Waals surface area contributed by atoms with Gasteiger partial charge in [0.2, 0.25) is 11.0 Å². The summed E-state index contributed by atoms with van der Waals surface area (Å²) < 4.78 is 9.58. The Kier molecular flexibility index (Phi) is 5.43. The van der Waals surface area contributed by atoms with Crippen molar-refractivity contribution in [2.45, 2.75) is 44.9 Å². The fourth-order valence-corrected chi connectivity index (χ4v) is 3.34. The fraction of sp³-hybridized carbons (Fsp3) is 0.444. The molecule has 0 spiro atoms. The Balaban J connectivity index is 1.69. The van der Waals surface area contributed by atoms with Crippen molar-refractivity contribution < 1.29 is 19.4 Å². The number of β-amino-alcohol motifs (C(OH)–C–C–N with tert-alkyl or cyclic N) is 1. The monoisotopic (exact) mass is 390 g/mol. The quantitative estimate of drug-likeness (QED) is 0.834. The highest BCUT2D eigenvalue weighted by molar-refractivity contribution is 7.10. The number of rotatable bonds is 3. The average Bonchev–Trinajstić information content (AvgIpc) is 3.21. The number of carbonyl (C=O) groups excluding carboxylic acids is 2. The van der Waals surface area contributed by atoms with E-state index in [2.05, 4.69) is 14.7 Å². The fourth-order valence-electron chi connectivity index (χ4n) is 2.75. The molecule has 9 heteroatoms. The number of anilines is 1.